The van der Waals surface area contributed by atoms with Gasteiger partial charge in [0.05, 0.1) is 30.8 Å². The van der Waals surface area contributed by atoms with E-state index >= 15 is 0 Å². The van der Waals surface area contributed by atoms with Crippen molar-refractivity contribution in [3.63, 3.8) is 0 Å². The van der Waals surface area contributed by atoms with Crippen LogP contribution >= 0.6 is 0 Å². The molecule has 1 amide bonds. The summed E-state index contributed by atoms with van der Waals surface area (Å²) in [6.45, 7) is 0.183. The summed E-state index contributed by atoms with van der Waals surface area (Å²) < 4.78 is 0. The molecular weight excluding hydrogens is 210 g/mol. The van der Waals surface area contributed by atoms with Gasteiger partial charge in [-0.05, 0) is 12.1 Å². The minimum atomic E-state index is -1.07. The van der Waals surface area contributed by atoms with Crippen LogP contribution in [0.15, 0.2) is 30.7 Å². The van der Waals surface area contributed by atoms with Gasteiger partial charge in [0, 0.05) is 0 Å². The minimum absolute atomic E-state index is 0.183. The fourth-order valence-electron chi connectivity index (χ4n) is 1.15. The fourth-order valence-corrected chi connectivity index (χ4v) is 1.15. The molecule has 0 radical (unpaired) electrons. The van der Waals surface area contributed by atoms with Gasteiger partial charge in [-0.1, -0.05) is 0 Å². The predicted molar refractivity (Wildman–Crippen MR) is 54.0 cm³/mol. The van der Waals surface area contributed by atoms with Crippen LogP contribution in [0.2, 0.25) is 0 Å². The van der Waals surface area contributed by atoms with Crippen LogP contribution in [0, 0.1) is 0 Å². The highest BCUT2D eigenvalue weighted by Crippen LogP contribution is 2.03. The lowest BCUT2D eigenvalue weighted by Gasteiger charge is -2.02. The summed E-state index contributed by atoms with van der Waals surface area (Å²) in [4.78, 5) is 15.8. The minimum Gasteiger partial charge on any atom is -0.465 e. The predicted octanol–water partition coefficient (Wildman–Crippen LogP) is 0.430. The zero-order valence-electron chi connectivity index (χ0n) is 8.24. The molecule has 0 unspecified atom stereocenters. The van der Waals surface area contributed by atoms with E-state index in [1.165, 1.54) is 4.80 Å². The quantitative estimate of drug-likeness (QED) is 0.780. The van der Waals surface area contributed by atoms with Crippen LogP contribution in [0.3, 0.4) is 0 Å². The Hall–Kier alpha value is -2.44. The van der Waals surface area contributed by atoms with E-state index in [9.17, 15) is 4.79 Å². The molecule has 0 aliphatic heterocycles. The van der Waals surface area contributed by atoms with Crippen molar-refractivity contribution in [1.29, 1.82) is 0 Å². The Balaban J connectivity index is 2.08. The standard InChI is InChI=1S/C9H9N5O2/c15-9(16)11-5-7-1-2-8(6-10-7)14-12-3-4-13-14/h1-4,6,11H,5H2,(H,15,16). The van der Waals surface area contributed by atoms with E-state index in [0.29, 0.717) is 5.69 Å². The van der Waals surface area contributed by atoms with Gasteiger partial charge in [0.2, 0.25) is 0 Å². The van der Waals surface area contributed by atoms with Gasteiger partial charge >= 0.3 is 6.09 Å². The topological polar surface area (TPSA) is 92.9 Å². The van der Waals surface area contributed by atoms with Gasteiger partial charge in [-0.15, -0.1) is 0 Å². The maximum absolute atomic E-state index is 10.3. The van der Waals surface area contributed by atoms with Gasteiger partial charge in [0.15, 0.2) is 0 Å². The largest absolute Gasteiger partial charge is 0.465 e. The van der Waals surface area contributed by atoms with Crippen molar-refractivity contribution in [2.75, 3.05) is 0 Å². The number of nitrogens with one attached hydrogen (secondary N) is 1. The molecule has 16 heavy (non-hydrogen) atoms. The van der Waals surface area contributed by atoms with Crippen molar-refractivity contribution < 1.29 is 9.90 Å². The second kappa shape index (κ2) is 4.39. The van der Waals surface area contributed by atoms with Crippen molar-refractivity contribution >= 4 is 6.09 Å². The molecule has 0 saturated heterocycles. The molecule has 0 bridgehead atoms. The van der Waals surface area contributed by atoms with Crippen LogP contribution in [0.1, 0.15) is 5.69 Å². The van der Waals surface area contributed by atoms with E-state index in [2.05, 4.69) is 20.5 Å². The summed E-state index contributed by atoms with van der Waals surface area (Å²) in [6, 6.07) is 3.49. The highest BCUT2D eigenvalue weighted by atomic mass is 16.4. The number of nitrogens with zero attached hydrogens (tertiary/aromatic N) is 4. The van der Waals surface area contributed by atoms with Gasteiger partial charge in [0.25, 0.3) is 0 Å². The van der Waals surface area contributed by atoms with Crippen LogP contribution in [-0.2, 0) is 6.54 Å². The van der Waals surface area contributed by atoms with Gasteiger partial charge in [-0.2, -0.15) is 15.0 Å². The fraction of sp³-hybridized carbons (Fsp3) is 0.111. The summed E-state index contributed by atoms with van der Waals surface area (Å²) in [5.41, 5.74) is 1.36. The third kappa shape index (κ3) is 2.32. The van der Waals surface area contributed by atoms with Crippen molar-refractivity contribution in [3.05, 3.63) is 36.4 Å². The van der Waals surface area contributed by atoms with Crippen LogP contribution in [-0.4, -0.2) is 31.2 Å². The number of rotatable bonds is 3. The van der Waals surface area contributed by atoms with Gasteiger partial charge < -0.3 is 10.4 Å². The third-order valence-electron chi connectivity index (χ3n) is 1.88. The monoisotopic (exact) mass is 219 g/mol. The molecule has 0 aliphatic carbocycles. The van der Waals surface area contributed by atoms with Crippen molar-refractivity contribution in [2.45, 2.75) is 6.54 Å². The van der Waals surface area contributed by atoms with Crippen molar-refractivity contribution in [3.8, 4) is 5.69 Å². The Morgan fingerprint density at radius 2 is 2.12 bits per heavy atom. The van der Waals surface area contributed by atoms with Gasteiger partial charge in [-0.25, -0.2) is 4.79 Å². The lowest BCUT2D eigenvalue weighted by Crippen LogP contribution is -2.20. The normalized spacial score (nSPS) is 10.0. The van der Waals surface area contributed by atoms with E-state index in [4.69, 9.17) is 5.11 Å². The van der Waals surface area contributed by atoms with Crippen LogP contribution in [0.5, 0.6) is 0 Å². The molecule has 0 aliphatic rings. The van der Waals surface area contributed by atoms with E-state index in [1.54, 1.807) is 30.7 Å². The molecule has 0 aromatic carbocycles. The molecule has 2 N–H and O–H groups in total. The molecular formula is C9H9N5O2. The van der Waals surface area contributed by atoms with Crippen molar-refractivity contribution in [1.82, 2.24) is 25.3 Å². The lowest BCUT2D eigenvalue weighted by molar-refractivity contribution is 0.194. The maximum atomic E-state index is 10.3. The number of hydrogen-bond acceptors (Lipinski definition) is 4. The lowest BCUT2D eigenvalue weighted by atomic mass is 10.3. The van der Waals surface area contributed by atoms with Crippen LogP contribution < -0.4 is 5.32 Å². The number of carbonyl (C=O) groups is 1. The highest BCUT2D eigenvalue weighted by molar-refractivity contribution is 5.64. The Bertz CT molecular complexity index is 465. The average molecular weight is 219 g/mol. The first-order valence-electron chi connectivity index (χ1n) is 4.54. The number of hydrogen-bond donors (Lipinski definition) is 2. The summed E-state index contributed by atoms with van der Waals surface area (Å²) in [5.74, 6) is 0. The first-order valence-corrected chi connectivity index (χ1v) is 4.54. The summed E-state index contributed by atoms with van der Waals surface area (Å²) in [7, 11) is 0. The SMILES string of the molecule is O=C(O)NCc1ccc(-n2nccn2)cn1. The second-order valence-electron chi connectivity index (χ2n) is 2.98. The maximum Gasteiger partial charge on any atom is 0.404 e. The zero-order chi connectivity index (χ0) is 11.4. The number of pyridine rings is 1. The Morgan fingerprint density at radius 3 is 2.69 bits per heavy atom. The van der Waals surface area contributed by atoms with Crippen molar-refractivity contribution in [2.24, 2.45) is 0 Å². The number of amides is 1. The summed E-state index contributed by atoms with van der Waals surface area (Å²) in [5, 5.41) is 18.5. The Kier molecular flexibility index (Phi) is 2.77. The van der Waals surface area contributed by atoms with Gasteiger partial charge in [-0.3, -0.25) is 4.98 Å². The van der Waals surface area contributed by atoms with E-state index in [-0.39, 0.29) is 6.54 Å². The number of aromatic nitrogens is 4. The summed E-state index contributed by atoms with van der Waals surface area (Å²) in [6.07, 6.45) is 3.65. The number of carboxylic acid groups (broad SMARTS) is 1. The molecule has 0 atom stereocenters. The van der Waals surface area contributed by atoms with E-state index < -0.39 is 6.09 Å². The van der Waals surface area contributed by atoms with Gasteiger partial charge in [0.1, 0.15) is 5.69 Å². The van der Waals surface area contributed by atoms with Crippen LogP contribution in [0.25, 0.3) is 5.69 Å². The second-order valence-corrected chi connectivity index (χ2v) is 2.98. The molecule has 2 rings (SSSR count). The third-order valence-corrected chi connectivity index (χ3v) is 1.88. The molecule has 2 aromatic heterocycles. The first-order chi connectivity index (χ1) is 7.75. The van der Waals surface area contributed by atoms with E-state index in [1.807, 2.05) is 0 Å². The van der Waals surface area contributed by atoms with E-state index in [0.717, 1.165) is 5.69 Å². The molecule has 2 aromatic rings. The smallest absolute Gasteiger partial charge is 0.404 e. The molecule has 0 fully saturated rings. The van der Waals surface area contributed by atoms with Crippen LogP contribution in [0.4, 0.5) is 4.79 Å². The molecule has 0 spiro atoms. The zero-order valence-corrected chi connectivity index (χ0v) is 8.24. The molecule has 7 nitrogen and oxygen atoms in total. The highest BCUT2D eigenvalue weighted by Gasteiger charge is 2.00. The molecule has 82 valence electrons. The average Bonchev–Trinajstić information content (AvgIpc) is 2.80. The Labute approximate surface area is 90.7 Å². The molecule has 2 heterocycles. The molecule has 7 heteroatoms. The summed E-state index contributed by atoms with van der Waals surface area (Å²) >= 11 is 0. The molecule has 0 saturated carbocycles. The Morgan fingerprint density at radius 1 is 1.38 bits per heavy atom. The first kappa shape index (κ1) is 10.1.